The highest BCUT2D eigenvalue weighted by Crippen LogP contribution is 2.21. The van der Waals surface area contributed by atoms with Crippen molar-refractivity contribution < 1.29 is 13.7 Å². The first-order valence-electron chi connectivity index (χ1n) is 8.03. The molecular weight excluding hydrogens is 334 g/mol. The molecule has 4 aromatic rings. The molecule has 130 valence electrons. The van der Waals surface area contributed by atoms with Gasteiger partial charge in [-0.25, -0.2) is 9.59 Å². The summed E-state index contributed by atoms with van der Waals surface area (Å²) < 4.78 is 10.4. The van der Waals surface area contributed by atoms with Crippen LogP contribution in [0.3, 0.4) is 0 Å². The molecule has 0 radical (unpaired) electrons. The number of nitrogens with one attached hydrogen (secondary N) is 2. The van der Waals surface area contributed by atoms with Gasteiger partial charge >= 0.3 is 11.7 Å². The molecule has 2 amide bonds. The number of hydrogen-bond acceptors (Lipinski definition) is 5. The van der Waals surface area contributed by atoms with Crippen LogP contribution in [-0.4, -0.2) is 11.2 Å². The number of anilines is 1. The van der Waals surface area contributed by atoms with Crippen LogP contribution in [0, 0.1) is 6.92 Å². The fourth-order valence-corrected chi connectivity index (χ4v) is 2.81. The lowest BCUT2D eigenvalue weighted by atomic mass is 10.1. The summed E-state index contributed by atoms with van der Waals surface area (Å²) in [6.45, 7) is 2.06. The summed E-state index contributed by atoms with van der Waals surface area (Å²) in [6, 6.07) is 13.6. The van der Waals surface area contributed by atoms with Crippen molar-refractivity contribution in [2.24, 2.45) is 0 Å². The molecule has 26 heavy (non-hydrogen) atoms. The van der Waals surface area contributed by atoms with Crippen molar-refractivity contribution >= 4 is 33.7 Å². The molecule has 2 aromatic heterocycles. The number of carbonyl (C=O) groups is 1. The molecule has 7 nitrogen and oxygen atoms in total. The van der Waals surface area contributed by atoms with Gasteiger partial charge in [0.2, 0.25) is 0 Å². The van der Waals surface area contributed by atoms with E-state index in [4.69, 9.17) is 8.94 Å². The van der Waals surface area contributed by atoms with Gasteiger partial charge in [0.15, 0.2) is 5.58 Å². The average molecular weight is 349 g/mol. The Kier molecular flexibility index (Phi) is 3.89. The molecule has 0 aliphatic carbocycles. The van der Waals surface area contributed by atoms with Crippen LogP contribution in [0.25, 0.3) is 21.9 Å². The number of nitrogens with zero attached hydrogens (tertiary/aromatic N) is 1. The summed E-state index contributed by atoms with van der Waals surface area (Å²) in [5.41, 5.74) is 2.67. The zero-order valence-corrected chi connectivity index (χ0v) is 13.9. The third-order valence-corrected chi connectivity index (χ3v) is 4.08. The number of aryl methyl sites for hydroxylation is 1. The summed E-state index contributed by atoms with van der Waals surface area (Å²) in [5.74, 6) is 0. The maximum absolute atomic E-state index is 12.1. The van der Waals surface area contributed by atoms with Crippen LogP contribution >= 0.6 is 0 Å². The van der Waals surface area contributed by atoms with Crippen LogP contribution < -0.4 is 16.3 Å². The molecule has 7 heteroatoms. The monoisotopic (exact) mass is 349 g/mol. The molecule has 0 spiro atoms. The van der Waals surface area contributed by atoms with Crippen molar-refractivity contribution in [2.75, 3.05) is 5.32 Å². The molecule has 2 aromatic carbocycles. The molecule has 0 atom stereocenters. The number of urea groups is 1. The van der Waals surface area contributed by atoms with E-state index in [2.05, 4.69) is 15.8 Å². The summed E-state index contributed by atoms with van der Waals surface area (Å²) in [5, 5.41) is 11.1. The lowest BCUT2D eigenvalue weighted by Gasteiger charge is -2.08. The van der Waals surface area contributed by atoms with E-state index in [1.807, 2.05) is 31.2 Å². The Balaban J connectivity index is 1.48. The van der Waals surface area contributed by atoms with Gasteiger partial charge in [0.25, 0.3) is 0 Å². The largest absolute Gasteiger partial charge is 0.423 e. The molecule has 0 saturated heterocycles. The lowest BCUT2D eigenvalue weighted by Crippen LogP contribution is -2.28. The highest BCUT2D eigenvalue weighted by Gasteiger charge is 2.10. The first kappa shape index (κ1) is 15.9. The smallest absolute Gasteiger partial charge is 0.336 e. The van der Waals surface area contributed by atoms with Crippen molar-refractivity contribution in [3.63, 3.8) is 0 Å². The number of fused-ring (bicyclic) bond motifs is 2. The van der Waals surface area contributed by atoms with Crippen LogP contribution in [0.1, 0.15) is 11.3 Å². The number of carbonyl (C=O) groups excluding carboxylic acids is 1. The van der Waals surface area contributed by atoms with Gasteiger partial charge in [-0.3, -0.25) is 0 Å². The first-order chi connectivity index (χ1) is 12.6. The molecule has 4 rings (SSSR count). The van der Waals surface area contributed by atoms with Crippen LogP contribution in [0.2, 0.25) is 0 Å². The van der Waals surface area contributed by atoms with E-state index in [1.165, 1.54) is 6.07 Å². The minimum Gasteiger partial charge on any atom is -0.423 e. The number of amides is 2. The van der Waals surface area contributed by atoms with Gasteiger partial charge in [-0.15, -0.1) is 0 Å². The van der Waals surface area contributed by atoms with E-state index in [-0.39, 0.29) is 6.54 Å². The Morgan fingerprint density at radius 2 is 1.92 bits per heavy atom. The molecule has 2 N–H and O–H groups in total. The summed E-state index contributed by atoms with van der Waals surface area (Å²) in [4.78, 5) is 23.6. The zero-order valence-electron chi connectivity index (χ0n) is 13.9. The van der Waals surface area contributed by atoms with Gasteiger partial charge in [0.05, 0.1) is 6.54 Å². The Morgan fingerprint density at radius 3 is 2.81 bits per heavy atom. The lowest BCUT2D eigenvalue weighted by molar-refractivity contribution is 0.251. The second-order valence-electron chi connectivity index (χ2n) is 5.89. The molecular formula is C19H15N3O4. The highest BCUT2D eigenvalue weighted by molar-refractivity contribution is 5.92. The fraction of sp³-hybridized carbons (Fsp3) is 0.105. The topological polar surface area (TPSA) is 97.4 Å². The van der Waals surface area contributed by atoms with Gasteiger partial charge < -0.3 is 19.6 Å². The summed E-state index contributed by atoms with van der Waals surface area (Å²) >= 11 is 0. The first-order valence-corrected chi connectivity index (χ1v) is 8.03. The molecule has 0 aliphatic heterocycles. The Labute approximate surface area is 147 Å². The second-order valence-corrected chi connectivity index (χ2v) is 5.89. The van der Waals surface area contributed by atoms with E-state index < -0.39 is 11.7 Å². The Bertz CT molecular complexity index is 1180. The molecule has 0 saturated carbocycles. The zero-order chi connectivity index (χ0) is 18.1. The Hall–Kier alpha value is -3.61. The van der Waals surface area contributed by atoms with Crippen molar-refractivity contribution in [3.05, 3.63) is 70.2 Å². The quantitative estimate of drug-likeness (QED) is 0.551. The van der Waals surface area contributed by atoms with Crippen LogP contribution in [0.4, 0.5) is 10.5 Å². The van der Waals surface area contributed by atoms with Crippen LogP contribution in [-0.2, 0) is 6.54 Å². The number of aromatic nitrogens is 1. The molecule has 0 aliphatic rings. The normalized spacial score (nSPS) is 11.0. The van der Waals surface area contributed by atoms with E-state index >= 15 is 0 Å². The van der Waals surface area contributed by atoms with Crippen LogP contribution in [0.15, 0.2) is 62.3 Å². The van der Waals surface area contributed by atoms with Gasteiger partial charge in [-0.05, 0) is 36.8 Å². The SMILES string of the molecule is Cc1cc(=O)oc2cc(NC(=O)NCc3noc4ccccc34)ccc12. The minimum absolute atomic E-state index is 0.227. The standard InChI is InChI=1S/C19H15N3O4/c1-11-8-18(23)25-17-9-12(6-7-13(11)17)21-19(24)20-10-15-14-4-2-3-5-16(14)26-22-15/h2-9H,10H2,1H3,(H2,20,21,24). The predicted octanol–water partition coefficient (Wildman–Crippen LogP) is 3.56. The predicted molar refractivity (Wildman–Crippen MR) is 97.1 cm³/mol. The van der Waals surface area contributed by atoms with Crippen LogP contribution in [0.5, 0.6) is 0 Å². The summed E-state index contributed by atoms with van der Waals surface area (Å²) in [6.07, 6.45) is 0. The fourth-order valence-electron chi connectivity index (χ4n) is 2.81. The Morgan fingerprint density at radius 1 is 1.08 bits per heavy atom. The van der Waals surface area contributed by atoms with Gasteiger partial charge in [0, 0.05) is 28.6 Å². The maximum atomic E-state index is 12.1. The van der Waals surface area contributed by atoms with Crippen molar-refractivity contribution in [3.8, 4) is 0 Å². The van der Waals surface area contributed by atoms with E-state index in [0.29, 0.717) is 22.5 Å². The summed E-state index contributed by atoms with van der Waals surface area (Å²) in [7, 11) is 0. The highest BCUT2D eigenvalue weighted by atomic mass is 16.5. The second kappa shape index (κ2) is 6.36. The van der Waals surface area contributed by atoms with E-state index in [1.54, 1.807) is 18.2 Å². The third-order valence-electron chi connectivity index (χ3n) is 4.08. The maximum Gasteiger partial charge on any atom is 0.336 e. The number of para-hydroxylation sites is 1. The van der Waals surface area contributed by atoms with E-state index in [0.717, 1.165) is 16.3 Å². The molecule has 2 heterocycles. The van der Waals surface area contributed by atoms with Crippen molar-refractivity contribution in [2.45, 2.75) is 13.5 Å². The number of hydrogen-bond donors (Lipinski definition) is 2. The van der Waals surface area contributed by atoms with Crippen molar-refractivity contribution in [1.82, 2.24) is 10.5 Å². The van der Waals surface area contributed by atoms with E-state index in [9.17, 15) is 9.59 Å². The third kappa shape index (κ3) is 3.02. The van der Waals surface area contributed by atoms with Gasteiger partial charge in [-0.2, -0.15) is 0 Å². The van der Waals surface area contributed by atoms with Gasteiger partial charge in [0.1, 0.15) is 11.3 Å². The average Bonchev–Trinajstić information content (AvgIpc) is 3.03. The number of rotatable bonds is 3. The number of benzene rings is 2. The minimum atomic E-state index is -0.422. The molecule has 0 fully saturated rings. The molecule has 0 bridgehead atoms. The van der Waals surface area contributed by atoms with Gasteiger partial charge in [-0.1, -0.05) is 17.3 Å². The van der Waals surface area contributed by atoms with Crippen molar-refractivity contribution in [1.29, 1.82) is 0 Å². The molecule has 0 unspecified atom stereocenters.